The minimum absolute atomic E-state index is 0.0603. The van der Waals surface area contributed by atoms with Gasteiger partial charge in [0, 0.05) is 18.1 Å². The molecule has 10 heteroatoms. The molecule has 1 heterocycles. The molecular weight excluding hydrogens is 459 g/mol. The summed E-state index contributed by atoms with van der Waals surface area (Å²) >= 11 is 18.1. The van der Waals surface area contributed by atoms with Crippen LogP contribution in [-0.2, 0) is 14.8 Å². The summed E-state index contributed by atoms with van der Waals surface area (Å²) in [6.07, 6.45) is 1.14. The zero-order chi connectivity index (χ0) is 21.2. The van der Waals surface area contributed by atoms with Crippen LogP contribution in [0.4, 0.5) is 5.69 Å². The number of hydrogen-bond acceptors (Lipinski definition) is 4. The van der Waals surface area contributed by atoms with E-state index in [1.165, 1.54) is 35.7 Å². The Labute approximate surface area is 184 Å². The van der Waals surface area contributed by atoms with Gasteiger partial charge in [0.1, 0.15) is 5.75 Å². The zero-order valence-corrected chi connectivity index (χ0v) is 18.6. The summed E-state index contributed by atoms with van der Waals surface area (Å²) in [5, 5.41) is 3.74. The van der Waals surface area contributed by atoms with E-state index in [2.05, 4.69) is 5.32 Å². The van der Waals surface area contributed by atoms with Crippen molar-refractivity contribution in [2.24, 2.45) is 5.92 Å². The predicted molar refractivity (Wildman–Crippen MR) is 115 cm³/mol. The monoisotopic (exact) mass is 476 g/mol. The molecule has 156 valence electrons. The highest BCUT2D eigenvalue weighted by Crippen LogP contribution is 2.31. The number of ether oxygens (including phenoxy) is 1. The Morgan fingerprint density at radius 3 is 2.55 bits per heavy atom. The third-order valence-corrected chi connectivity index (χ3v) is 7.41. The van der Waals surface area contributed by atoms with E-state index in [0.717, 1.165) is 0 Å². The van der Waals surface area contributed by atoms with E-state index in [0.29, 0.717) is 40.9 Å². The first-order valence-corrected chi connectivity index (χ1v) is 11.4. The van der Waals surface area contributed by atoms with Crippen LogP contribution in [-0.4, -0.2) is 38.8 Å². The van der Waals surface area contributed by atoms with Crippen molar-refractivity contribution in [2.45, 2.75) is 17.7 Å². The Balaban J connectivity index is 1.75. The maximum atomic E-state index is 13.0. The summed E-state index contributed by atoms with van der Waals surface area (Å²) in [4.78, 5) is 12.7. The summed E-state index contributed by atoms with van der Waals surface area (Å²) in [6, 6.07) is 9.06. The van der Waals surface area contributed by atoms with Gasteiger partial charge in [-0.05, 0) is 49.2 Å². The van der Waals surface area contributed by atoms with E-state index in [4.69, 9.17) is 39.5 Å². The maximum Gasteiger partial charge on any atom is 0.243 e. The molecule has 0 spiro atoms. The second-order valence-electron chi connectivity index (χ2n) is 6.61. The van der Waals surface area contributed by atoms with Crippen LogP contribution in [0.15, 0.2) is 41.3 Å². The fraction of sp³-hybridized carbons (Fsp3) is 0.316. The van der Waals surface area contributed by atoms with Crippen molar-refractivity contribution < 1.29 is 17.9 Å². The van der Waals surface area contributed by atoms with Crippen LogP contribution in [0.1, 0.15) is 12.8 Å². The Morgan fingerprint density at radius 2 is 1.90 bits per heavy atom. The van der Waals surface area contributed by atoms with E-state index in [9.17, 15) is 13.2 Å². The molecule has 2 aromatic carbocycles. The molecule has 29 heavy (non-hydrogen) atoms. The normalized spacial score (nSPS) is 17.7. The second kappa shape index (κ2) is 9.10. The van der Waals surface area contributed by atoms with Crippen molar-refractivity contribution in [1.29, 1.82) is 0 Å². The number of halogens is 3. The van der Waals surface area contributed by atoms with Crippen molar-refractivity contribution in [1.82, 2.24) is 4.31 Å². The first-order chi connectivity index (χ1) is 13.7. The molecule has 2 aromatic rings. The zero-order valence-electron chi connectivity index (χ0n) is 15.5. The van der Waals surface area contributed by atoms with Crippen molar-refractivity contribution in [3.8, 4) is 5.75 Å². The molecule has 0 radical (unpaired) electrons. The van der Waals surface area contributed by atoms with E-state index < -0.39 is 15.9 Å². The molecule has 0 saturated carbocycles. The van der Waals surface area contributed by atoms with Crippen molar-refractivity contribution in [3.63, 3.8) is 0 Å². The number of rotatable bonds is 5. The van der Waals surface area contributed by atoms with Gasteiger partial charge >= 0.3 is 0 Å². The fourth-order valence-corrected chi connectivity index (χ4v) is 5.49. The Kier molecular flexibility index (Phi) is 6.96. The summed E-state index contributed by atoms with van der Waals surface area (Å²) < 4.78 is 32.4. The highest BCUT2D eigenvalue weighted by Gasteiger charge is 2.33. The van der Waals surface area contributed by atoms with Gasteiger partial charge in [0.25, 0.3) is 0 Å². The third kappa shape index (κ3) is 4.98. The number of carbonyl (C=O) groups is 1. The van der Waals surface area contributed by atoms with Crippen molar-refractivity contribution >= 4 is 56.4 Å². The number of carbonyl (C=O) groups excluding carboxylic acids is 1. The van der Waals surface area contributed by atoms with Crippen LogP contribution < -0.4 is 10.1 Å². The smallest absolute Gasteiger partial charge is 0.243 e. The molecule has 0 unspecified atom stereocenters. The Hall–Kier alpha value is -1.51. The van der Waals surface area contributed by atoms with Crippen molar-refractivity contribution in [2.75, 3.05) is 25.5 Å². The molecule has 1 saturated heterocycles. The van der Waals surface area contributed by atoms with Crippen LogP contribution in [0.5, 0.6) is 5.75 Å². The molecule has 1 amide bonds. The SMILES string of the molecule is COc1ccc(S(=O)(=O)N2CCC[C@H](C(=O)Nc3ccc(Cl)cc3Cl)C2)cc1Cl. The quantitative estimate of drug-likeness (QED) is 0.677. The summed E-state index contributed by atoms with van der Waals surface area (Å²) in [6.45, 7) is 0.403. The number of hydrogen-bond donors (Lipinski definition) is 1. The second-order valence-corrected chi connectivity index (χ2v) is 9.80. The average Bonchev–Trinajstić information content (AvgIpc) is 2.70. The number of anilines is 1. The highest BCUT2D eigenvalue weighted by atomic mass is 35.5. The van der Waals surface area contributed by atoms with E-state index in [1.807, 2.05) is 0 Å². The van der Waals surface area contributed by atoms with Crippen LogP contribution in [0, 0.1) is 5.92 Å². The van der Waals surface area contributed by atoms with Gasteiger partial charge in [0.2, 0.25) is 15.9 Å². The number of methoxy groups -OCH3 is 1. The molecule has 1 fully saturated rings. The van der Waals surface area contributed by atoms with Gasteiger partial charge in [-0.25, -0.2) is 8.42 Å². The fourth-order valence-electron chi connectivity index (χ4n) is 3.16. The van der Waals surface area contributed by atoms with E-state index >= 15 is 0 Å². The summed E-state index contributed by atoms with van der Waals surface area (Å²) in [5.41, 5.74) is 0.433. The molecule has 0 aromatic heterocycles. The van der Waals surface area contributed by atoms with Crippen molar-refractivity contribution in [3.05, 3.63) is 51.5 Å². The van der Waals surface area contributed by atoms with Gasteiger partial charge in [-0.2, -0.15) is 4.31 Å². The lowest BCUT2D eigenvalue weighted by atomic mass is 9.99. The largest absolute Gasteiger partial charge is 0.495 e. The maximum absolute atomic E-state index is 13.0. The number of piperidine rings is 1. The number of nitrogens with zero attached hydrogens (tertiary/aromatic N) is 1. The number of amides is 1. The summed E-state index contributed by atoms with van der Waals surface area (Å²) in [5.74, 6) is -0.401. The molecule has 0 aliphatic carbocycles. The topological polar surface area (TPSA) is 75.7 Å². The van der Waals surface area contributed by atoms with Crippen LogP contribution in [0.25, 0.3) is 0 Å². The lowest BCUT2D eigenvalue weighted by Crippen LogP contribution is -2.43. The molecule has 0 bridgehead atoms. The lowest BCUT2D eigenvalue weighted by Gasteiger charge is -2.31. The first kappa shape index (κ1) is 22.2. The van der Waals surface area contributed by atoms with Gasteiger partial charge in [-0.3, -0.25) is 4.79 Å². The standard InChI is InChI=1S/C19H19Cl3N2O4S/c1-28-18-7-5-14(10-16(18)22)29(26,27)24-8-2-3-12(11-24)19(25)23-17-6-4-13(20)9-15(17)21/h4-7,9-10,12H,2-3,8,11H2,1H3,(H,23,25)/t12-/m0/s1. The highest BCUT2D eigenvalue weighted by molar-refractivity contribution is 7.89. The summed E-state index contributed by atoms with van der Waals surface area (Å²) in [7, 11) is -2.34. The Bertz CT molecular complexity index is 1030. The van der Waals surface area contributed by atoms with Crippen LogP contribution in [0.2, 0.25) is 15.1 Å². The average molecular weight is 478 g/mol. The molecule has 3 rings (SSSR count). The lowest BCUT2D eigenvalue weighted by molar-refractivity contribution is -0.120. The number of nitrogens with one attached hydrogen (secondary N) is 1. The number of benzene rings is 2. The Morgan fingerprint density at radius 1 is 1.14 bits per heavy atom. The van der Waals surface area contributed by atoms with Crippen LogP contribution >= 0.6 is 34.8 Å². The molecule has 1 aliphatic heterocycles. The molecule has 1 aliphatic rings. The molecular formula is C19H19Cl3N2O4S. The van der Waals surface area contributed by atoms with Gasteiger partial charge in [0.15, 0.2) is 0 Å². The van der Waals surface area contributed by atoms with Gasteiger partial charge < -0.3 is 10.1 Å². The third-order valence-electron chi connectivity index (χ3n) is 4.70. The van der Waals surface area contributed by atoms with Gasteiger partial charge in [-0.15, -0.1) is 0 Å². The number of sulfonamides is 1. The minimum atomic E-state index is -3.79. The minimum Gasteiger partial charge on any atom is -0.495 e. The van der Waals surface area contributed by atoms with E-state index in [-0.39, 0.29) is 22.4 Å². The molecule has 1 N–H and O–H groups in total. The predicted octanol–water partition coefficient (Wildman–Crippen LogP) is 4.69. The van der Waals surface area contributed by atoms with Gasteiger partial charge in [0.05, 0.1) is 33.7 Å². The van der Waals surface area contributed by atoms with Gasteiger partial charge in [-0.1, -0.05) is 34.8 Å². The molecule has 6 nitrogen and oxygen atoms in total. The first-order valence-electron chi connectivity index (χ1n) is 8.82. The van der Waals surface area contributed by atoms with Crippen LogP contribution in [0.3, 0.4) is 0 Å². The molecule has 1 atom stereocenters. The van der Waals surface area contributed by atoms with E-state index in [1.54, 1.807) is 12.1 Å².